The molecule has 0 heterocycles. The van der Waals surface area contributed by atoms with Crippen LogP contribution in [0.2, 0.25) is 0 Å². The number of hydrogen-bond acceptors (Lipinski definition) is 6. The van der Waals surface area contributed by atoms with Gasteiger partial charge >= 0.3 is 17.9 Å². The van der Waals surface area contributed by atoms with Gasteiger partial charge in [0.25, 0.3) is 0 Å². The second kappa shape index (κ2) is 54.7. The topological polar surface area (TPSA) is 78.9 Å². The van der Waals surface area contributed by atoms with Gasteiger partial charge in [0.2, 0.25) is 0 Å². The molecule has 0 amide bonds. The summed E-state index contributed by atoms with van der Waals surface area (Å²) in [7, 11) is 0. The van der Waals surface area contributed by atoms with Gasteiger partial charge in [0.1, 0.15) is 13.2 Å². The molecule has 0 saturated heterocycles. The number of ether oxygens (including phenoxy) is 3. The maximum Gasteiger partial charge on any atom is 0.306 e. The van der Waals surface area contributed by atoms with Crippen molar-refractivity contribution in [2.45, 2.75) is 290 Å². The van der Waals surface area contributed by atoms with Crippen LogP contribution >= 0.6 is 0 Å². The van der Waals surface area contributed by atoms with E-state index in [1.807, 2.05) is 0 Å². The lowest BCUT2D eigenvalue weighted by Gasteiger charge is -2.18. The number of carbonyl (C=O) groups excluding carboxylic acids is 3. The molecular formula is C60H106O6. The van der Waals surface area contributed by atoms with Crippen LogP contribution in [0.4, 0.5) is 0 Å². The van der Waals surface area contributed by atoms with E-state index in [1.54, 1.807) is 0 Å². The monoisotopic (exact) mass is 923 g/mol. The fourth-order valence-electron chi connectivity index (χ4n) is 7.95. The number of unbranched alkanes of at least 4 members (excludes halogenated alkanes) is 30. The van der Waals surface area contributed by atoms with Gasteiger partial charge in [0.05, 0.1) is 0 Å². The maximum absolute atomic E-state index is 12.8. The average Bonchev–Trinajstić information content (AvgIpc) is 3.31. The Hall–Kier alpha value is -2.89. The number of hydrogen-bond donors (Lipinski definition) is 0. The number of rotatable bonds is 51. The molecule has 6 nitrogen and oxygen atoms in total. The van der Waals surface area contributed by atoms with Crippen molar-refractivity contribution in [1.82, 2.24) is 0 Å². The van der Waals surface area contributed by atoms with E-state index in [2.05, 4.69) is 81.5 Å². The minimum atomic E-state index is -0.794. The van der Waals surface area contributed by atoms with Crippen LogP contribution in [0.15, 0.2) is 60.8 Å². The molecule has 6 heteroatoms. The van der Waals surface area contributed by atoms with Crippen molar-refractivity contribution in [3.8, 4) is 0 Å². The minimum Gasteiger partial charge on any atom is -0.462 e. The summed E-state index contributed by atoms with van der Waals surface area (Å²) in [6.07, 6.45) is 67.8. The van der Waals surface area contributed by atoms with E-state index in [0.717, 1.165) is 70.6 Å². The highest BCUT2D eigenvalue weighted by atomic mass is 16.6. The van der Waals surface area contributed by atoms with Gasteiger partial charge in [-0.05, 0) is 89.9 Å². The largest absolute Gasteiger partial charge is 0.462 e. The summed E-state index contributed by atoms with van der Waals surface area (Å²) in [6.45, 7) is 6.57. The van der Waals surface area contributed by atoms with Crippen LogP contribution in [0.5, 0.6) is 0 Å². The molecule has 0 aromatic heterocycles. The molecule has 0 fully saturated rings. The lowest BCUT2D eigenvalue weighted by molar-refractivity contribution is -0.167. The Labute approximate surface area is 409 Å². The maximum atomic E-state index is 12.8. The molecule has 0 unspecified atom stereocenters. The second-order valence-corrected chi connectivity index (χ2v) is 18.8. The molecule has 0 aliphatic heterocycles. The van der Waals surface area contributed by atoms with Crippen LogP contribution in [0.25, 0.3) is 0 Å². The van der Waals surface area contributed by atoms with Gasteiger partial charge in [-0.3, -0.25) is 14.4 Å². The molecular weight excluding hydrogens is 817 g/mol. The van der Waals surface area contributed by atoms with Crippen molar-refractivity contribution in [3.05, 3.63) is 60.8 Å². The molecule has 0 aromatic carbocycles. The summed E-state index contributed by atoms with van der Waals surface area (Å²) < 4.78 is 16.8. The third-order valence-corrected chi connectivity index (χ3v) is 12.2. The van der Waals surface area contributed by atoms with Crippen LogP contribution in [-0.2, 0) is 28.6 Å². The van der Waals surface area contributed by atoms with Crippen molar-refractivity contribution < 1.29 is 28.6 Å². The third kappa shape index (κ3) is 52.1. The second-order valence-electron chi connectivity index (χ2n) is 18.8. The predicted octanol–water partition coefficient (Wildman–Crippen LogP) is 18.8. The van der Waals surface area contributed by atoms with Gasteiger partial charge in [0.15, 0.2) is 6.10 Å². The van der Waals surface area contributed by atoms with E-state index in [9.17, 15) is 14.4 Å². The average molecular weight is 924 g/mol. The van der Waals surface area contributed by atoms with E-state index >= 15 is 0 Å². The first-order valence-corrected chi connectivity index (χ1v) is 28.3. The fraction of sp³-hybridized carbons (Fsp3) is 0.783. The first kappa shape index (κ1) is 63.1. The predicted molar refractivity (Wildman–Crippen MR) is 284 cm³/mol. The summed E-state index contributed by atoms with van der Waals surface area (Å²) in [5.41, 5.74) is 0. The number of carbonyl (C=O) groups is 3. The lowest BCUT2D eigenvalue weighted by Crippen LogP contribution is -2.30. The molecule has 0 rings (SSSR count). The Morgan fingerprint density at radius 3 is 0.909 bits per heavy atom. The summed E-state index contributed by atoms with van der Waals surface area (Å²) in [6, 6.07) is 0. The highest BCUT2D eigenvalue weighted by Crippen LogP contribution is 2.15. The van der Waals surface area contributed by atoms with Crippen molar-refractivity contribution in [2.24, 2.45) is 0 Å². The van der Waals surface area contributed by atoms with E-state index in [0.29, 0.717) is 19.3 Å². The third-order valence-electron chi connectivity index (χ3n) is 12.2. The normalized spacial score (nSPS) is 12.5. The van der Waals surface area contributed by atoms with Crippen molar-refractivity contribution in [1.29, 1.82) is 0 Å². The standard InChI is InChI=1S/C60H106O6/c1-4-7-10-13-16-19-22-25-28-29-30-31-33-35-38-41-44-47-50-53-59(62)65-56-57(55-64-58(61)52-49-46-43-40-37-34-27-24-21-18-15-12-9-6-3)66-60(63)54-51-48-45-42-39-36-32-26-23-20-17-14-11-8-5-2/h16-17,19-20,25-26,28,32,39,42,57H,4-15,18,21-24,27,29-31,33-38,40-41,43-56H2,1-3H3/b19-16-,20-17-,28-25-,32-26-,42-39-/t57-/m1/s1. The molecule has 66 heavy (non-hydrogen) atoms. The first-order valence-electron chi connectivity index (χ1n) is 28.3. The van der Waals surface area contributed by atoms with Gasteiger partial charge in [-0.2, -0.15) is 0 Å². The summed E-state index contributed by atoms with van der Waals surface area (Å²) in [4.78, 5) is 38.1. The zero-order valence-electron chi connectivity index (χ0n) is 43.7. The van der Waals surface area contributed by atoms with E-state index < -0.39 is 6.10 Å². The van der Waals surface area contributed by atoms with Crippen LogP contribution < -0.4 is 0 Å². The molecule has 0 aliphatic rings. The summed E-state index contributed by atoms with van der Waals surface area (Å²) in [5.74, 6) is -0.921. The lowest BCUT2D eigenvalue weighted by atomic mass is 10.0. The van der Waals surface area contributed by atoms with Gasteiger partial charge in [-0.25, -0.2) is 0 Å². The van der Waals surface area contributed by atoms with Crippen LogP contribution in [0.3, 0.4) is 0 Å². The SMILES string of the molecule is CCCCC/C=C\C/C=C\C/C=C\CCCCC(=O)O[C@@H](COC(=O)CCCCCCCCCCC/C=C\C/C=C\CCCCC)COC(=O)CCCCCCCCCCCCCCCC. The van der Waals surface area contributed by atoms with Crippen LogP contribution in [0, 0.1) is 0 Å². The molecule has 0 spiro atoms. The molecule has 0 aliphatic carbocycles. The Morgan fingerprint density at radius 2 is 0.545 bits per heavy atom. The van der Waals surface area contributed by atoms with Gasteiger partial charge in [-0.15, -0.1) is 0 Å². The molecule has 0 bridgehead atoms. The minimum absolute atomic E-state index is 0.0884. The van der Waals surface area contributed by atoms with Crippen molar-refractivity contribution >= 4 is 17.9 Å². The molecule has 0 radical (unpaired) electrons. The molecule has 0 saturated carbocycles. The van der Waals surface area contributed by atoms with Crippen molar-refractivity contribution in [3.63, 3.8) is 0 Å². The quantitative estimate of drug-likeness (QED) is 0.0262. The molecule has 0 N–H and O–H groups in total. The Kier molecular flexibility index (Phi) is 52.3. The molecule has 0 aromatic rings. The van der Waals surface area contributed by atoms with E-state index in [-0.39, 0.29) is 37.5 Å². The molecule has 382 valence electrons. The van der Waals surface area contributed by atoms with Crippen LogP contribution in [-0.4, -0.2) is 37.2 Å². The number of esters is 3. The Bertz CT molecular complexity index is 1200. The van der Waals surface area contributed by atoms with Gasteiger partial charge < -0.3 is 14.2 Å². The van der Waals surface area contributed by atoms with Crippen LogP contribution in [0.1, 0.15) is 284 Å². The van der Waals surface area contributed by atoms with Gasteiger partial charge in [-0.1, -0.05) is 236 Å². The zero-order chi connectivity index (χ0) is 47.9. The highest BCUT2D eigenvalue weighted by Gasteiger charge is 2.19. The Morgan fingerprint density at radius 1 is 0.303 bits per heavy atom. The van der Waals surface area contributed by atoms with Gasteiger partial charge in [0, 0.05) is 19.3 Å². The Balaban J connectivity index is 4.40. The first-order chi connectivity index (χ1) is 32.5. The number of allylic oxidation sites excluding steroid dienone is 10. The summed E-state index contributed by atoms with van der Waals surface area (Å²) in [5, 5.41) is 0. The van der Waals surface area contributed by atoms with E-state index in [4.69, 9.17) is 14.2 Å². The fourth-order valence-corrected chi connectivity index (χ4v) is 7.95. The summed E-state index contributed by atoms with van der Waals surface area (Å²) >= 11 is 0. The van der Waals surface area contributed by atoms with E-state index in [1.165, 1.54) is 167 Å². The van der Waals surface area contributed by atoms with Crippen molar-refractivity contribution in [2.75, 3.05) is 13.2 Å². The highest BCUT2D eigenvalue weighted by molar-refractivity contribution is 5.71. The smallest absolute Gasteiger partial charge is 0.306 e. The zero-order valence-corrected chi connectivity index (χ0v) is 43.7. The molecule has 1 atom stereocenters.